The first kappa shape index (κ1) is 20.7. The number of likely N-dealkylation sites (tertiary alicyclic amines) is 2. The molecule has 0 bridgehead atoms. The number of ether oxygens (including phenoxy) is 1. The minimum atomic E-state index is 0.00440. The summed E-state index contributed by atoms with van der Waals surface area (Å²) in [7, 11) is 1.71. The normalized spacial score (nSPS) is 26.7. The van der Waals surface area contributed by atoms with Crippen LogP contribution in [-0.4, -0.2) is 81.7 Å². The van der Waals surface area contributed by atoms with Gasteiger partial charge in [0.2, 0.25) is 5.91 Å². The van der Waals surface area contributed by atoms with Crippen molar-refractivity contribution in [1.82, 2.24) is 29.7 Å². The Labute approximate surface area is 182 Å². The number of nitrogen functional groups attached to an aromatic ring is 1. The quantitative estimate of drug-likeness (QED) is 0.743. The molecule has 3 aliphatic heterocycles. The number of fused-ring (bicyclic) bond motifs is 1. The molecule has 5 rings (SSSR count). The monoisotopic (exact) mass is 427 g/mol. The van der Waals surface area contributed by atoms with Crippen LogP contribution in [0.1, 0.15) is 44.8 Å². The van der Waals surface area contributed by atoms with Crippen LogP contribution in [0.5, 0.6) is 0 Å². The van der Waals surface area contributed by atoms with Gasteiger partial charge in [-0.3, -0.25) is 14.6 Å². The fraction of sp³-hybridized carbons (Fsp3) is 0.682. The SMILES string of the molecule is CNC(=O)CN1CCC2(CCCN2CC2CCC(n3ccc4c(N)ncnc43)O2)CC1. The number of carbonyl (C=O) groups excluding carboxylic acids is 1. The van der Waals surface area contributed by atoms with Gasteiger partial charge in [0, 0.05) is 38.4 Å². The van der Waals surface area contributed by atoms with Crippen LogP contribution in [-0.2, 0) is 9.53 Å². The number of nitrogens with two attached hydrogens (primary N) is 1. The van der Waals surface area contributed by atoms with E-state index in [1.165, 1.54) is 19.2 Å². The third-order valence-electron chi connectivity index (χ3n) is 7.53. The van der Waals surface area contributed by atoms with E-state index < -0.39 is 0 Å². The van der Waals surface area contributed by atoms with Crippen LogP contribution in [0.4, 0.5) is 5.82 Å². The summed E-state index contributed by atoms with van der Waals surface area (Å²) in [6, 6.07) is 1.98. The third kappa shape index (κ3) is 3.90. The van der Waals surface area contributed by atoms with Gasteiger partial charge in [-0.05, 0) is 51.1 Å². The Morgan fingerprint density at radius 2 is 2.10 bits per heavy atom. The highest BCUT2D eigenvalue weighted by molar-refractivity contribution is 5.86. The molecule has 2 atom stereocenters. The van der Waals surface area contributed by atoms with E-state index >= 15 is 0 Å². The fourth-order valence-corrected chi connectivity index (χ4v) is 5.75. The number of nitrogens with zero attached hydrogens (tertiary/aromatic N) is 5. The average Bonchev–Trinajstić information content (AvgIpc) is 3.50. The highest BCUT2D eigenvalue weighted by atomic mass is 16.5. The van der Waals surface area contributed by atoms with Crippen molar-refractivity contribution in [1.29, 1.82) is 0 Å². The smallest absolute Gasteiger partial charge is 0.233 e. The summed E-state index contributed by atoms with van der Waals surface area (Å²) in [5.74, 6) is 0.620. The zero-order valence-corrected chi connectivity index (χ0v) is 18.3. The summed E-state index contributed by atoms with van der Waals surface area (Å²) in [4.78, 5) is 25.2. The predicted molar refractivity (Wildman–Crippen MR) is 118 cm³/mol. The van der Waals surface area contributed by atoms with Crippen molar-refractivity contribution >= 4 is 22.8 Å². The number of likely N-dealkylation sites (N-methyl/N-ethyl adjacent to an activating group) is 1. The van der Waals surface area contributed by atoms with Crippen molar-refractivity contribution in [3.8, 4) is 0 Å². The van der Waals surface area contributed by atoms with E-state index in [4.69, 9.17) is 10.5 Å². The number of hydrogen-bond acceptors (Lipinski definition) is 7. The summed E-state index contributed by atoms with van der Waals surface area (Å²) in [5.41, 5.74) is 7.12. The Morgan fingerprint density at radius 3 is 2.90 bits per heavy atom. The van der Waals surface area contributed by atoms with Crippen LogP contribution < -0.4 is 11.1 Å². The first-order valence-electron chi connectivity index (χ1n) is 11.5. The van der Waals surface area contributed by atoms with E-state index in [0.717, 1.165) is 62.9 Å². The molecule has 5 heterocycles. The maximum Gasteiger partial charge on any atom is 0.233 e. The molecule has 1 amide bonds. The number of piperidine rings is 1. The molecule has 9 heteroatoms. The minimum Gasteiger partial charge on any atom is -0.383 e. The summed E-state index contributed by atoms with van der Waals surface area (Å²) >= 11 is 0. The van der Waals surface area contributed by atoms with E-state index in [9.17, 15) is 4.79 Å². The molecule has 0 aliphatic carbocycles. The molecule has 2 unspecified atom stereocenters. The molecule has 9 nitrogen and oxygen atoms in total. The second kappa shape index (κ2) is 8.37. The van der Waals surface area contributed by atoms with E-state index in [0.29, 0.717) is 12.4 Å². The lowest BCUT2D eigenvalue weighted by Gasteiger charge is -2.45. The summed E-state index contributed by atoms with van der Waals surface area (Å²) in [6.07, 6.45) is 10.6. The maximum absolute atomic E-state index is 11.7. The summed E-state index contributed by atoms with van der Waals surface area (Å²) < 4.78 is 8.60. The number of nitrogens with one attached hydrogen (secondary N) is 1. The number of anilines is 1. The Hall–Kier alpha value is -2.23. The number of amides is 1. The van der Waals surface area contributed by atoms with Crippen molar-refractivity contribution in [2.75, 3.05) is 45.5 Å². The Kier molecular flexibility index (Phi) is 5.58. The largest absolute Gasteiger partial charge is 0.383 e. The zero-order valence-electron chi connectivity index (χ0n) is 18.3. The van der Waals surface area contributed by atoms with Crippen LogP contribution in [0, 0.1) is 0 Å². The molecule has 3 fully saturated rings. The van der Waals surface area contributed by atoms with E-state index in [2.05, 4.69) is 29.7 Å². The third-order valence-corrected chi connectivity index (χ3v) is 7.53. The van der Waals surface area contributed by atoms with Crippen molar-refractivity contribution in [3.63, 3.8) is 0 Å². The van der Waals surface area contributed by atoms with Crippen LogP contribution in [0.25, 0.3) is 11.0 Å². The molecule has 0 radical (unpaired) electrons. The van der Waals surface area contributed by atoms with Gasteiger partial charge in [-0.2, -0.15) is 0 Å². The molecule has 3 aliphatic rings. The van der Waals surface area contributed by atoms with Gasteiger partial charge in [-0.15, -0.1) is 0 Å². The van der Waals surface area contributed by atoms with Crippen LogP contribution >= 0.6 is 0 Å². The van der Waals surface area contributed by atoms with Crippen LogP contribution in [0.15, 0.2) is 18.6 Å². The predicted octanol–water partition coefficient (Wildman–Crippen LogP) is 1.37. The molecule has 31 heavy (non-hydrogen) atoms. The first-order valence-corrected chi connectivity index (χ1v) is 11.5. The average molecular weight is 428 g/mol. The van der Waals surface area contributed by atoms with Gasteiger partial charge >= 0.3 is 0 Å². The number of aromatic nitrogens is 3. The fourth-order valence-electron chi connectivity index (χ4n) is 5.75. The molecule has 3 saturated heterocycles. The van der Waals surface area contributed by atoms with Crippen molar-refractivity contribution < 1.29 is 9.53 Å². The highest BCUT2D eigenvalue weighted by Crippen LogP contribution is 2.40. The molecular weight excluding hydrogens is 394 g/mol. The van der Waals surface area contributed by atoms with Gasteiger partial charge < -0.3 is 20.4 Å². The second-order valence-corrected chi connectivity index (χ2v) is 9.23. The number of rotatable bonds is 5. The van der Waals surface area contributed by atoms with E-state index in [-0.39, 0.29) is 23.8 Å². The molecule has 1 spiro atoms. The first-order chi connectivity index (χ1) is 15.1. The summed E-state index contributed by atoms with van der Waals surface area (Å²) in [5, 5.41) is 3.62. The van der Waals surface area contributed by atoms with Crippen molar-refractivity contribution in [3.05, 3.63) is 18.6 Å². The number of hydrogen-bond donors (Lipinski definition) is 2. The molecular formula is C22H33N7O2. The highest BCUT2D eigenvalue weighted by Gasteiger charge is 2.44. The van der Waals surface area contributed by atoms with E-state index in [1.807, 2.05) is 12.3 Å². The topological polar surface area (TPSA) is 102 Å². The standard InChI is InChI=1S/C22H33N7O2/c1-24-18(30)14-27-11-7-22(8-12-27)6-2-9-28(22)13-16-3-4-19(31-16)29-10-5-17-20(23)25-15-26-21(17)29/h5,10,15-16,19H,2-4,6-9,11-14H2,1H3,(H,24,30)(H2,23,25,26). The molecule has 2 aromatic rings. The lowest BCUT2D eigenvalue weighted by atomic mass is 9.84. The van der Waals surface area contributed by atoms with Gasteiger partial charge in [-0.1, -0.05) is 0 Å². The van der Waals surface area contributed by atoms with Crippen LogP contribution in [0.3, 0.4) is 0 Å². The molecule has 2 aromatic heterocycles. The lowest BCUT2D eigenvalue weighted by Crippen LogP contribution is -2.54. The molecule has 0 aromatic carbocycles. The maximum atomic E-state index is 11.7. The Bertz CT molecular complexity index is 937. The molecule has 168 valence electrons. The Balaban J connectivity index is 1.21. The lowest BCUT2D eigenvalue weighted by molar-refractivity contribution is -0.122. The van der Waals surface area contributed by atoms with Crippen LogP contribution in [0.2, 0.25) is 0 Å². The zero-order chi connectivity index (χ0) is 21.4. The second-order valence-electron chi connectivity index (χ2n) is 9.23. The van der Waals surface area contributed by atoms with Gasteiger partial charge in [0.1, 0.15) is 24.0 Å². The molecule has 3 N–H and O–H groups in total. The van der Waals surface area contributed by atoms with Gasteiger partial charge in [-0.25, -0.2) is 9.97 Å². The van der Waals surface area contributed by atoms with Gasteiger partial charge in [0.15, 0.2) is 0 Å². The van der Waals surface area contributed by atoms with Gasteiger partial charge in [0.05, 0.1) is 18.0 Å². The molecule has 0 saturated carbocycles. The van der Waals surface area contributed by atoms with Crippen molar-refractivity contribution in [2.45, 2.75) is 56.4 Å². The summed E-state index contributed by atoms with van der Waals surface area (Å²) in [6.45, 7) is 4.64. The Morgan fingerprint density at radius 1 is 1.26 bits per heavy atom. The van der Waals surface area contributed by atoms with E-state index in [1.54, 1.807) is 7.05 Å². The minimum absolute atomic E-state index is 0.00440. The number of carbonyl (C=O) groups is 1. The van der Waals surface area contributed by atoms with Gasteiger partial charge in [0.25, 0.3) is 0 Å². The van der Waals surface area contributed by atoms with Crippen molar-refractivity contribution in [2.24, 2.45) is 0 Å².